The van der Waals surface area contributed by atoms with Crippen LogP contribution in [0.5, 0.6) is 0 Å². The summed E-state index contributed by atoms with van der Waals surface area (Å²) in [7, 11) is 0. The second kappa shape index (κ2) is 7.06. The van der Waals surface area contributed by atoms with Crippen molar-refractivity contribution in [3.05, 3.63) is 29.7 Å². The summed E-state index contributed by atoms with van der Waals surface area (Å²) >= 11 is 0. The first kappa shape index (κ1) is 16.5. The molecule has 0 radical (unpaired) electrons. The molecule has 0 aliphatic carbocycles. The van der Waals surface area contributed by atoms with E-state index in [2.05, 4.69) is 15.2 Å². The lowest BCUT2D eigenvalue weighted by atomic mass is 9.94. The van der Waals surface area contributed by atoms with Gasteiger partial charge in [-0.05, 0) is 24.8 Å². The third-order valence-corrected chi connectivity index (χ3v) is 4.09. The molecular weight excluding hydrogens is 320 g/mol. The van der Waals surface area contributed by atoms with Gasteiger partial charge in [-0.2, -0.15) is 10.1 Å². The van der Waals surface area contributed by atoms with Gasteiger partial charge in [0.15, 0.2) is 5.82 Å². The molecule has 2 aromatic rings. The molecule has 2 aromatic heterocycles. The van der Waals surface area contributed by atoms with E-state index in [0.29, 0.717) is 31.2 Å². The van der Waals surface area contributed by atoms with E-state index in [1.807, 2.05) is 0 Å². The quantitative estimate of drug-likeness (QED) is 0.832. The summed E-state index contributed by atoms with van der Waals surface area (Å²) in [5.74, 6) is 1.12. The summed E-state index contributed by atoms with van der Waals surface area (Å²) in [6.07, 6.45) is 1.28. The Morgan fingerprint density at radius 2 is 2.33 bits per heavy atom. The maximum absolute atomic E-state index is 12.6. The summed E-state index contributed by atoms with van der Waals surface area (Å²) in [4.78, 5) is 18.5. The number of carbonyl (C=O) groups excluding carboxylic acids is 1. The smallest absolute Gasteiger partial charge is 0.272 e. The highest BCUT2D eigenvalue weighted by atomic mass is 19.3. The number of carbonyl (C=O) groups is 1. The average Bonchev–Trinajstić information content (AvgIpc) is 3.15. The number of nitrogens with zero attached hydrogens (tertiary/aromatic N) is 5. The number of halogens is 2. The number of amides is 1. The van der Waals surface area contributed by atoms with E-state index in [9.17, 15) is 13.6 Å². The number of alkyl halides is 2. The zero-order chi connectivity index (χ0) is 17.1. The second-order valence-electron chi connectivity index (χ2n) is 5.98. The molecule has 24 heavy (non-hydrogen) atoms. The Kier molecular flexibility index (Phi) is 4.86. The maximum atomic E-state index is 12.6. The van der Waals surface area contributed by atoms with Gasteiger partial charge in [0, 0.05) is 32.6 Å². The van der Waals surface area contributed by atoms with E-state index in [0.717, 1.165) is 17.5 Å². The van der Waals surface area contributed by atoms with Crippen LogP contribution in [0.4, 0.5) is 8.78 Å². The van der Waals surface area contributed by atoms with Gasteiger partial charge in [0.05, 0.1) is 0 Å². The minimum Gasteiger partial charge on any atom is -0.340 e. The van der Waals surface area contributed by atoms with Crippen LogP contribution in [0.25, 0.3) is 0 Å². The van der Waals surface area contributed by atoms with Crippen LogP contribution in [0.3, 0.4) is 0 Å². The minimum atomic E-state index is -2.55. The molecule has 3 heterocycles. The fraction of sp³-hybridized carbons (Fsp3) is 0.600. The molecule has 1 aliphatic rings. The van der Waals surface area contributed by atoms with E-state index >= 15 is 0 Å². The SMILES string of the molecule is Cc1nc(C[C@@H]2CCCN(C(=O)c3ccnn3CC(F)F)C2)no1. The van der Waals surface area contributed by atoms with Gasteiger partial charge >= 0.3 is 0 Å². The molecule has 0 N–H and O–H groups in total. The molecule has 9 heteroatoms. The number of aromatic nitrogens is 4. The summed E-state index contributed by atoms with van der Waals surface area (Å²) in [6.45, 7) is 2.32. The lowest BCUT2D eigenvalue weighted by molar-refractivity contribution is 0.0648. The number of piperidine rings is 1. The number of rotatable bonds is 5. The molecule has 0 bridgehead atoms. The maximum Gasteiger partial charge on any atom is 0.272 e. The van der Waals surface area contributed by atoms with Gasteiger partial charge in [-0.3, -0.25) is 9.48 Å². The van der Waals surface area contributed by atoms with Crippen molar-refractivity contribution in [1.29, 1.82) is 0 Å². The Balaban J connectivity index is 1.66. The van der Waals surface area contributed by atoms with Crippen LogP contribution in [0.2, 0.25) is 0 Å². The van der Waals surface area contributed by atoms with E-state index in [4.69, 9.17) is 4.52 Å². The predicted octanol–water partition coefficient (Wildman–Crippen LogP) is 1.93. The van der Waals surface area contributed by atoms with Gasteiger partial charge < -0.3 is 9.42 Å². The summed E-state index contributed by atoms with van der Waals surface area (Å²) in [5.41, 5.74) is 0.200. The molecule has 0 spiro atoms. The Bertz CT molecular complexity index is 700. The van der Waals surface area contributed by atoms with Gasteiger partial charge in [-0.15, -0.1) is 0 Å². The van der Waals surface area contributed by atoms with Crippen LogP contribution < -0.4 is 0 Å². The third-order valence-electron chi connectivity index (χ3n) is 4.09. The number of likely N-dealkylation sites (tertiary alicyclic amines) is 1. The zero-order valence-electron chi connectivity index (χ0n) is 13.4. The third kappa shape index (κ3) is 3.77. The zero-order valence-corrected chi connectivity index (χ0v) is 13.4. The fourth-order valence-corrected chi connectivity index (χ4v) is 3.05. The Morgan fingerprint density at radius 3 is 3.04 bits per heavy atom. The van der Waals surface area contributed by atoms with Crippen LogP contribution >= 0.6 is 0 Å². The highest BCUT2D eigenvalue weighted by Gasteiger charge is 2.27. The lowest BCUT2D eigenvalue weighted by Gasteiger charge is -2.32. The highest BCUT2D eigenvalue weighted by Crippen LogP contribution is 2.21. The Hall–Kier alpha value is -2.32. The predicted molar refractivity (Wildman–Crippen MR) is 79.6 cm³/mol. The number of aryl methyl sites for hydroxylation is 1. The van der Waals surface area contributed by atoms with Crippen LogP contribution in [0.15, 0.2) is 16.8 Å². The molecule has 3 rings (SSSR count). The molecule has 0 saturated carbocycles. The summed E-state index contributed by atoms with van der Waals surface area (Å²) in [5, 5.41) is 7.71. The molecule has 1 atom stereocenters. The van der Waals surface area contributed by atoms with E-state index in [1.165, 1.54) is 12.3 Å². The van der Waals surface area contributed by atoms with Crippen molar-refractivity contribution >= 4 is 5.91 Å². The molecule has 1 aliphatic heterocycles. The first-order valence-corrected chi connectivity index (χ1v) is 7.91. The molecular formula is C15H19F2N5O2. The molecule has 130 valence electrons. The van der Waals surface area contributed by atoms with Crippen LogP contribution in [-0.4, -0.2) is 50.2 Å². The van der Waals surface area contributed by atoms with Crippen LogP contribution in [-0.2, 0) is 13.0 Å². The molecule has 1 fully saturated rings. The van der Waals surface area contributed by atoms with Gasteiger partial charge in [0.2, 0.25) is 5.89 Å². The molecule has 0 unspecified atom stereocenters. The second-order valence-corrected chi connectivity index (χ2v) is 5.98. The van der Waals surface area contributed by atoms with Crippen molar-refractivity contribution < 1.29 is 18.1 Å². The first-order chi connectivity index (χ1) is 11.5. The Labute approximate surface area is 137 Å². The van der Waals surface area contributed by atoms with E-state index in [1.54, 1.807) is 11.8 Å². The van der Waals surface area contributed by atoms with Crippen molar-refractivity contribution in [2.75, 3.05) is 13.1 Å². The van der Waals surface area contributed by atoms with E-state index < -0.39 is 13.0 Å². The monoisotopic (exact) mass is 339 g/mol. The first-order valence-electron chi connectivity index (χ1n) is 7.91. The van der Waals surface area contributed by atoms with Crippen molar-refractivity contribution in [3.8, 4) is 0 Å². The summed E-state index contributed by atoms with van der Waals surface area (Å²) in [6, 6.07) is 1.48. The summed E-state index contributed by atoms with van der Waals surface area (Å²) < 4.78 is 31.2. The number of hydrogen-bond acceptors (Lipinski definition) is 5. The van der Waals surface area contributed by atoms with Crippen LogP contribution in [0.1, 0.15) is 35.0 Å². The molecule has 7 nitrogen and oxygen atoms in total. The van der Waals surface area contributed by atoms with Gasteiger partial charge in [-0.25, -0.2) is 8.78 Å². The highest BCUT2D eigenvalue weighted by molar-refractivity contribution is 5.92. The van der Waals surface area contributed by atoms with Crippen molar-refractivity contribution in [2.24, 2.45) is 5.92 Å². The van der Waals surface area contributed by atoms with Gasteiger partial charge in [-0.1, -0.05) is 5.16 Å². The lowest BCUT2D eigenvalue weighted by Crippen LogP contribution is -2.41. The topological polar surface area (TPSA) is 77.1 Å². The fourth-order valence-electron chi connectivity index (χ4n) is 3.05. The van der Waals surface area contributed by atoms with Gasteiger partial charge in [0.1, 0.15) is 12.2 Å². The molecule has 0 aromatic carbocycles. The standard InChI is InChI=1S/C15H19F2N5O2/c1-10-19-14(20-24-10)7-11-3-2-6-21(8-11)15(23)12-4-5-18-22(12)9-13(16)17/h4-5,11,13H,2-3,6-9H2,1H3/t11-/m0/s1. The Morgan fingerprint density at radius 1 is 1.50 bits per heavy atom. The number of hydrogen-bond donors (Lipinski definition) is 0. The van der Waals surface area contributed by atoms with Crippen molar-refractivity contribution in [2.45, 2.75) is 39.2 Å². The largest absolute Gasteiger partial charge is 0.340 e. The minimum absolute atomic E-state index is 0.200. The molecule has 1 saturated heterocycles. The van der Waals surface area contributed by atoms with Gasteiger partial charge in [0.25, 0.3) is 12.3 Å². The normalized spacial score (nSPS) is 18.3. The van der Waals surface area contributed by atoms with Crippen LogP contribution in [0, 0.1) is 12.8 Å². The average molecular weight is 339 g/mol. The molecule has 1 amide bonds. The van der Waals surface area contributed by atoms with E-state index in [-0.39, 0.29) is 17.5 Å². The van der Waals surface area contributed by atoms with Crippen molar-refractivity contribution in [3.63, 3.8) is 0 Å². The van der Waals surface area contributed by atoms with Crippen molar-refractivity contribution in [1.82, 2.24) is 24.8 Å².